The molecular weight excluding hydrogens is 242 g/mol. The normalized spacial score (nSPS) is 12.2. The minimum Gasteiger partial charge on any atom is -0.497 e. The first-order chi connectivity index (χ1) is 9.19. The van der Waals surface area contributed by atoms with E-state index in [-0.39, 0.29) is 0 Å². The fourth-order valence-electron chi connectivity index (χ4n) is 1.79. The summed E-state index contributed by atoms with van der Waals surface area (Å²) in [6.07, 6.45) is 3.45. The summed E-state index contributed by atoms with van der Waals surface area (Å²) < 4.78 is 12.7. The van der Waals surface area contributed by atoms with E-state index in [0.717, 1.165) is 23.6 Å². The van der Waals surface area contributed by atoms with Gasteiger partial charge in [0.05, 0.1) is 19.8 Å². The molecule has 2 aromatic rings. The van der Waals surface area contributed by atoms with Crippen LogP contribution in [0, 0.1) is 0 Å². The lowest BCUT2D eigenvalue weighted by molar-refractivity contribution is 0.199. The summed E-state index contributed by atoms with van der Waals surface area (Å²) in [7, 11) is 1.64. The summed E-state index contributed by atoms with van der Waals surface area (Å²) in [5.41, 5.74) is 0.921. The predicted octanol–water partition coefficient (Wildman–Crippen LogP) is 2.63. The Kier molecular flexibility index (Phi) is 4.47. The molecule has 1 aromatic carbocycles. The third-order valence-electron chi connectivity index (χ3n) is 2.93. The SMILES string of the molecule is COc1ccc(OCCn2ccc(C(C)O)c2)cc1. The fraction of sp³-hybridized carbons (Fsp3) is 0.333. The number of ether oxygens (including phenoxy) is 2. The smallest absolute Gasteiger partial charge is 0.119 e. The van der Waals surface area contributed by atoms with Crippen LogP contribution in [0.2, 0.25) is 0 Å². The fourth-order valence-corrected chi connectivity index (χ4v) is 1.79. The number of aromatic nitrogens is 1. The maximum atomic E-state index is 9.43. The Morgan fingerprint density at radius 1 is 1.16 bits per heavy atom. The van der Waals surface area contributed by atoms with Crippen LogP contribution in [-0.4, -0.2) is 23.4 Å². The molecule has 0 bridgehead atoms. The molecule has 4 nitrogen and oxygen atoms in total. The van der Waals surface area contributed by atoms with Crippen molar-refractivity contribution >= 4 is 0 Å². The lowest BCUT2D eigenvalue weighted by Crippen LogP contribution is -2.06. The van der Waals surface area contributed by atoms with E-state index in [1.807, 2.05) is 47.3 Å². The highest BCUT2D eigenvalue weighted by Gasteiger charge is 2.02. The summed E-state index contributed by atoms with van der Waals surface area (Å²) >= 11 is 0. The second-order valence-corrected chi connectivity index (χ2v) is 4.38. The van der Waals surface area contributed by atoms with Gasteiger partial charge in [-0.2, -0.15) is 0 Å². The standard InChI is InChI=1S/C15H19NO3/c1-12(17)13-7-8-16(11-13)9-10-19-15-5-3-14(18-2)4-6-15/h3-8,11-12,17H,9-10H2,1-2H3. The van der Waals surface area contributed by atoms with Gasteiger partial charge >= 0.3 is 0 Å². The number of hydrogen-bond donors (Lipinski definition) is 1. The second kappa shape index (κ2) is 6.29. The molecule has 0 aliphatic rings. The van der Waals surface area contributed by atoms with Gasteiger partial charge in [0.2, 0.25) is 0 Å². The van der Waals surface area contributed by atoms with Crippen LogP contribution in [-0.2, 0) is 6.54 Å². The molecule has 19 heavy (non-hydrogen) atoms. The van der Waals surface area contributed by atoms with Gasteiger partial charge in [-0.3, -0.25) is 0 Å². The van der Waals surface area contributed by atoms with Gasteiger partial charge in [0.1, 0.15) is 18.1 Å². The zero-order valence-corrected chi connectivity index (χ0v) is 11.2. The van der Waals surface area contributed by atoms with Crippen LogP contribution in [0.4, 0.5) is 0 Å². The van der Waals surface area contributed by atoms with Crippen LogP contribution in [0.15, 0.2) is 42.7 Å². The Morgan fingerprint density at radius 3 is 2.42 bits per heavy atom. The average molecular weight is 261 g/mol. The first-order valence-electron chi connectivity index (χ1n) is 6.29. The minimum absolute atomic E-state index is 0.427. The highest BCUT2D eigenvalue weighted by molar-refractivity contribution is 5.31. The quantitative estimate of drug-likeness (QED) is 0.869. The van der Waals surface area contributed by atoms with Gasteiger partial charge < -0.3 is 19.1 Å². The van der Waals surface area contributed by atoms with E-state index in [2.05, 4.69) is 0 Å². The molecule has 2 rings (SSSR count). The van der Waals surface area contributed by atoms with E-state index < -0.39 is 6.10 Å². The zero-order chi connectivity index (χ0) is 13.7. The second-order valence-electron chi connectivity index (χ2n) is 4.38. The van der Waals surface area contributed by atoms with Gasteiger partial charge in [0.15, 0.2) is 0 Å². The summed E-state index contributed by atoms with van der Waals surface area (Å²) in [4.78, 5) is 0. The van der Waals surface area contributed by atoms with E-state index in [1.165, 1.54) is 0 Å². The molecule has 0 spiro atoms. The van der Waals surface area contributed by atoms with Gasteiger partial charge in [-0.25, -0.2) is 0 Å². The van der Waals surface area contributed by atoms with E-state index in [1.54, 1.807) is 14.0 Å². The third-order valence-corrected chi connectivity index (χ3v) is 2.93. The van der Waals surface area contributed by atoms with E-state index in [9.17, 15) is 5.11 Å². The predicted molar refractivity (Wildman–Crippen MR) is 73.6 cm³/mol. The van der Waals surface area contributed by atoms with Gasteiger partial charge in [0, 0.05) is 12.4 Å². The summed E-state index contributed by atoms with van der Waals surface area (Å²) in [6.45, 7) is 3.09. The first-order valence-corrected chi connectivity index (χ1v) is 6.29. The van der Waals surface area contributed by atoms with E-state index in [4.69, 9.17) is 9.47 Å². The van der Waals surface area contributed by atoms with Crippen molar-refractivity contribution in [3.05, 3.63) is 48.3 Å². The monoisotopic (exact) mass is 261 g/mol. The Balaban J connectivity index is 1.81. The molecule has 1 atom stereocenters. The van der Waals surface area contributed by atoms with Gasteiger partial charge in [-0.1, -0.05) is 0 Å². The van der Waals surface area contributed by atoms with Crippen molar-refractivity contribution in [3.63, 3.8) is 0 Å². The van der Waals surface area contributed by atoms with Crippen molar-refractivity contribution in [1.29, 1.82) is 0 Å². The number of aliphatic hydroxyl groups excluding tert-OH is 1. The summed E-state index contributed by atoms with van der Waals surface area (Å²) in [5.74, 6) is 1.64. The van der Waals surface area contributed by atoms with E-state index in [0.29, 0.717) is 6.61 Å². The molecule has 0 amide bonds. The van der Waals surface area contributed by atoms with Crippen LogP contribution in [0.25, 0.3) is 0 Å². The Hall–Kier alpha value is -1.94. The Bertz CT molecular complexity index is 502. The number of nitrogens with zero attached hydrogens (tertiary/aromatic N) is 1. The van der Waals surface area contributed by atoms with Gasteiger partial charge in [0.25, 0.3) is 0 Å². The van der Waals surface area contributed by atoms with Crippen LogP contribution >= 0.6 is 0 Å². The molecule has 0 saturated carbocycles. The molecule has 1 heterocycles. The molecule has 0 aliphatic heterocycles. The molecule has 1 unspecified atom stereocenters. The summed E-state index contributed by atoms with van der Waals surface area (Å²) in [5, 5.41) is 9.43. The zero-order valence-electron chi connectivity index (χ0n) is 11.2. The number of rotatable bonds is 6. The lowest BCUT2D eigenvalue weighted by Gasteiger charge is -2.08. The van der Waals surface area contributed by atoms with Crippen molar-refractivity contribution in [2.75, 3.05) is 13.7 Å². The molecular formula is C15H19NO3. The molecule has 1 aromatic heterocycles. The van der Waals surface area contributed by atoms with Crippen molar-refractivity contribution in [2.24, 2.45) is 0 Å². The molecule has 0 radical (unpaired) electrons. The van der Waals surface area contributed by atoms with Crippen molar-refractivity contribution in [3.8, 4) is 11.5 Å². The number of aliphatic hydroxyl groups is 1. The van der Waals surface area contributed by atoms with Crippen molar-refractivity contribution in [2.45, 2.75) is 19.6 Å². The topological polar surface area (TPSA) is 43.6 Å². The molecule has 0 fully saturated rings. The van der Waals surface area contributed by atoms with Gasteiger partial charge in [-0.15, -0.1) is 0 Å². The molecule has 4 heteroatoms. The number of hydrogen-bond acceptors (Lipinski definition) is 3. The van der Waals surface area contributed by atoms with Crippen LogP contribution in [0.1, 0.15) is 18.6 Å². The number of methoxy groups -OCH3 is 1. The molecule has 1 N–H and O–H groups in total. The highest BCUT2D eigenvalue weighted by Crippen LogP contribution is 2.17. The maximum absolute atomic E-state index is 9.43. The average Bonchev–Trinajstić information content (AvgIpc) is 2.89. The van der Waals surface area contributed by atoms with Crippen LogP contribution in [0.3, 0.4) is 0 Å². The van der Waals surface area contributed by atoms with Crippen molar-refractivity contribution in [1.82, 2.24) is 4.57 Å². The minimum atomic E-state index is -0.427. The van der Waals surface area contributed by atoms with Crippen molar-refractivity contribution < 1.29 is 14.6 Å². The summed E-state index contributed by atoms with van der Waals surface area (Å²) in [6, 6.07) is 9.43. The Morgan fingerprint density at radius 2 is 1.84 bits per heavy atom. The van der Waals surface area contributed by atoms with E-state index >= 15 is 0 Å². The largest absolute Gasteiger partial charge is 0.497 e. The Labute approximate surface area is 113 Å². The maximum Gasteiger partial charge on any atom is 0.119 e. The first kappa shape index (κ1) is 13.5. The lowest BCUT2D eigenvalue weighted by atomic mass is 10.2. The molecule has 0 aliphatic carbocycles. The molecule has 102 valence electrons. The highest BCUT2D eigenvalue weighted by atomic mass is 16.5. The van der Waals surface area contributed by atoms with Crippen LogP contribution in [0.5, 0.6) is 11.5 Å². The van der Waals surface area contributed by atoms with Crippen LogP contribution < -0.4 is 9.47 Å². The third kappa shape index (κ3) is 3.76. The molecule has 0 saturated heterocycles. The number of benzene rings is 1. The van der Waals surface area contributed by atoms with Gasteiger partial charge in [-0.05, 0) is 42.8 Å².